The summed E-state index contributed by atoms with van der Waals surface area (Å²) in [4.78, 5) is 0. The van der Waals surface area contributed by atoms with Gasteiger partial charge in [0.1, 0.15) is 0 Å². The van der Waals surface area contributed by atoms with E-state index in [0.717, 1.165) is 19.6 Å². The van der Waals surface area contributed by atoms with Crippen LogP contribution in [0.3, 0.4) is 0 Å². The van der Waals surface area contributed by atoms with Crippen LogP contribution in [0.15, 0.2) is 0 Å². The Labute approximate surface area is 89.0 Å². The topological polar surface area (TPSA) is 36.1 Å². The highest BCUT2D eigenvalue weighted by Gasteiger charge is 2.08. The lowest BCUT2D eigenvalue weighted by molar-refractivity contribution is 0.397. The Bertz CT molecular complexity index is 112. The minimum Gasteiger partial charge on any atom is -0.319 e. The lowest BCUT2D eigenvalue weighted by atomic mass is 10.1. The molecule has 0 radical (unpaired) electrons. The van der Waals surface area contributed by atoms with E-state index in [-0.39, 0.29) is 0 Å². The summed E-state index contributed by atoms with van der Waals surface area (Å²) in [7, 11) is 2.01. The maximum absolute atomic E-state index is 3.47. The summed E-state index contributed by atoms with van der Waals surface area (Å²) < 4.78 is 0. The minimum atomic E-state index is 0.577. The van der Waals surface area contributed by atoms with Gasteiger partial charge >= 0.3 is 0 Å². The minimum absolute atomic E-state index is 0.577. The number of nitrogens with one attached hydrogen (secondary N) is 3. The fourth-order valence-corrected chi connectivity index (χ4v) is 1.31. The molecular formula is C11H27N3. The first kappa shape index (κ1) is 13.9. The largest absolute Gasteiger partial charge is 0.319 e. The highest BCUT2D eigenvalue weighted by Crippen LogP contribution is 1.93. The van der Waals surface area contributed by atoms with Crippen LogP contribution in [0.4, 0.5) is 0 Å². The van der Waals surface area contributed by atoms with E-state index in [1.165, 1.54) is 0 Å². The fraction of sp³-hybridized carbons (Fsp3) is 1.00. The zero-order valence-corrected chi connectivity index (χ0v) is 10.4. The maximum atomic E-state index is 3.47. The molecule has 0 fully saturated rings. The first-order chi connectivity index (χ1) is 6.56. The summed E-state index contributed by atoms with van der Waals surface area (Å²) in [5.41, 5.74) is 0. The number of rotatable bonds is 8. The predicted octanol–water partition coefficient (Wildman–Crippen LogP) is 0.818. The molecule has 3 heteroatoms. The Hall–Kier alpha value is -0.120. The van der Waals surface area contributed by atoms with Crippen LogP contribution < -0.4 is 16.0 Å². The second kappa shape index (κ2) is 8.21. The number of hydrogen-bond donors (Lipinski definition) is 3. The van der Waals surface area contributed by atoms with Gasteiger partial charge in [0.25, 0.3) is 0 Å². The summed E-state index contributed by atoms with van der Waals surface area (Å²) in [6.07, 6.45) is 0. The first-order valence-electron chi connectivity index (χ1n) is 5.67. The van der Waals surface area contributed by atoms with Crippen LogP contribution in [0.2, 0.25) is 0 Å². The van der Waals surface area contributed by atoms with Crippen LogP contribution in [0, 0.1) is 5.92 Å². The van der Waals surface area contributed by atoms with Crippen LogP contribution in [-0.4, -0.2) is 38.8 Å². The molecule has 0 unspecified atom stereocenters. The third-order valence-electron chi connectivity index (χ3n) is 2.12. The molecule has 0 saturated carbocycles. The summed E-state index contributed by atoms with van der Waals surface area (Å²) in [6, 6.07) is 1.15. The second-order valence-corrected chi connectivity index (χ2v) is 4.55. The van der Waals surface area contributed by atoms with E-state index in [1.807, 2.05) is 7.05 Å². The normalized spacial score (nSPS) is 12.0. The van der Waals surface area contributed by atoms with Crippen LogP contribution in [0.5, 0.6) is 0 Å². The van der Waals surface area contributed by atoms with Crippen molar-refractivity contribution in [3.8, 4) is 0 Å². The second-order valence-electron chi connectivity index (χ2n) is 4.55. The molecule has 0 rings (SSSR count). The van der Waals surface area contributed by atoms with Gasteiger partial charge in [-0.3, -0.25) is 0 Å². The van der Waals surface area contributed by atoms with Crippen LogP contribution in [0.1, 0.15) is 27.7 Å². The van der Waals surface area contributed by atoms with Gasteiger partial charge in [0.2, 0.25) is 0 Å². The van der Waals surface area contributed by atoms with Gasteiger partial charge < -0.3 is 16.0 Å². The van der Waals surface area contributed by atoms with E-state index >= 15 is 0 Å². The molecule has 0 saturated heterocycles. The van der Waals surface area contributed by atoms with E-state index < -0.39 is 0 Å². The summed E-state index contributed by atoms with van der Waals surface area (Å²) in [6.45, 7) is 12.0. The molecule has 0 atom stereocenters. The van der Waals surface area contributed by atoms with E-state index in [4.69, 9.17) is 0 Å². The summed E-state index contributed by atoms with van der Waals surface area (Å²) in [5.74, 6) is 0.671. The lowest BCUT2D eigenvalue weighted by Gasteiger charge is -2.20. The Morgan fingerprint density at radius 2 is 1.21 bits per heavy atom. The van der Waals surface area contributed by atoms with Crippen molar-refractivity contribution in [2.75, 3.05) is 26.7 Å². The van der Waals surface area contributed by atoms with Crippen molar-refractivity contribution in [1.82, 2.24) is 16.0 Å². The quantitative estimate of drug-likeness (QED) is 0.544. The van der Waals surface area contributed by atoms with Crippen molar-refractivity contribution in [1.29, 1.82) is 0 Å². The van der Waals surface area contributed by atoms with Gasteiger partial charge in [-0.15, -0.1) is 0 Å². The van der Waals surface area contributed by atoms with Crippen molar-refractivity contribution < 1.29 is 0 Å². The lowest BCUT2D eigenvalue weighted by Crippen LogP contribution is -2.40. The maximum Gasteiger partial charge on any atom is 0.00105 e. The van der Waals surface area contributed by atoms with Gasteiger partial charge in [0, 0.05) is 31.7 Å². The molecule has 3 nitrogen and oxygen atoms in total. The third-order valence-corrected chi connectivity index (χ3v) is 2.12. The highest BCUT2D eigenvalue weighted by atomic mass is 15.0. The SMILES string of the molecule is CNCC(CNC(C)C)CNC(C)C. The van der Waals surface area contributed by atoms with Gasteiger partial charge in [-0.25, -0.2) is 0 Å². The molecule has 3 N–H and O–H groups in total. The highest BCUT2D eigenvalue weighted by molar-refractivity contribution is 4.69. The Kier molecular flexibility index (Phi) is 8.14. The molecule has 0 aliphatic carbocycles. The molecule has 0 aromatic carbocycles. The molecule has 86 valence electrons. The molecule has 0 spiro atoms. The van der Waals surface area contributed by atoms with Crippen molar-refractivity contribution in [2.24, 2.45) is 5.92 Å². The first-order valence-corrected chi connectivity index (χ1v) is 5.67. The van der Waals surface area contributed by atoms with Crippen LogP contribution >= 0.6 is 0 Å². The summed E-state index contributed by atoms with van der Waals surface area (Å²) in [5, 5.41) is 10.2. The van der Waals surface area contributed by atoms with Crippen molar-refractivity contribution in [3.05, 3.63) is 0 Å². The molecule has 0 bridgehead atoms. The van der Waals surface area contributed by atoms with Crippen molar-refractivity contribution in [2.45, 2.75) is 39.8 Å². The molecule has 0 aromatic heterocycles. The monoisotopic (exact) mass is 201 g/mol. The Morgan fingerprint density at radius 3 is 1.50 bits per heavy atom. The Morgan fingerprint density at radius 1 is 0.786 bits per heavy atom. The van der Waals surface area contributed by atoms with Crippen molar-refractivity contribution in [3.63, 3.8) is 0 Å². The van der Waals surface area contributed by atoms with Gasteiger partial charge in [-0.2, -0.15) is 0 Å². The molecule has 0 aliphatic heterocycles. The molecule has 0 aromatic rings. The van der Waals surface area contributed by atoms with Gasteiger partial charge in [-0.05, 0) is 13.0 Å². The van der Waals surface area contributed by atoms with Crippen molar-refractivity contribution >= 4 is 0 Å². The van der Waals surface area contributed by atoms with Crippen LogP contribution in [0.25, 0.3) is 0 Å². The van der Waals surface area contributed by atoms with E-state index in [0.29, 0.717) is 18.0 Å². The van der Waals surface area contributed by atoms with Gasteiger partial charge in [-0.1, -0.05) is 27.7 Å². The van der Waals surface area contributed by atoms with E-state index in [1.54, 1.807) is 0 Å². The molecule has 14 heavy (non-hydrogen) atoms. The summed E-state index contributed by atoms with van der Waals surface area (Å²) >= 11 is 0. The van der Waals surface area contributed by atoms with E-state index in [2.05, 4.69) is 43.6 Å². The standard InChI is InChI=1S/C11H27N3/c1-9(2)13-7-11(6-12-5)8-14-10(3)4/h9-14H,6-8H2,1-5H3. The average Bonchev–Trinajstić information content (AvgIpc) is 2.09. The fourth-order valence-electron chi connectivity index (χ4n) is 1.31. The number of hydrogen-bond acceptors (Lipinski definition) is 3. The zero-order chi connectivity index (χ0) is 11.0. The average molecular weight is 201 g/mol. The molecule has 0 aliphatic rings. The molecular weight excluding hydrogens is 174 g/mol. The van der Waals surface area contributed by atoms with Gasteiger partial charge in [0.15, 0.2) is 0 Å². The Balaban J connectivity index is 3.65. The van der Waals surface area contributed by atoms with Gasteiger partial charge in [0.05, 0.1) is 0 Å². The molecule has 0 heterocycles. The smallest absolute Gasteiger partial charge is 0.00105 e. The van der Waals surface area contributed by atoms with Crippen LogP contribution in [-0.2, 0) is 0 Å². The molecule has 0 amide bonds. The third kappa shape index (κ3) is 8.48. The van der Waals surface area contributed by atoms with E-state index in [9.17, 15) is 0 Å². The predicted molar refractivity (Wildman–Crippen MR) is 63.7 cm³/mol. The zero-order valence-electron chi connectivity index (χ0n) is 10.4.